The quantitative estimate of drug-likeness (QED) is 0.734. The van der Waals surface area contributed by atoms with E-state index >= 15 is 0 Å². The smallest absolute Gasteiger partial charge is 0.255 e. The van der Waals surface area contributed by atoms with Gasteiger partial charge in [0.25, 0.3) is 5.91 Å². The van der Waals surface area contributed by atoms with Gasteiger partial charge in [0.2, 0.25) is 0 Å². The number of carbonyl (C=O) groups excluding carboxylic acids is 1. The van der Waals surface area contributed by atoms with Crippen LogP contribution in [0.2, 0.25) is 5.02 Å². The second-order valence-electron chi connectivity index (χ2n) is 6.15. The van der Waals surface area contributed by atoms with E-state index in [1.54, 1.807) is 24.3 Å². The molecule has 1 N–H and O–H groups in total. The predicted molar refractivity (Wildman–Crippen MR) is 101 cm³/mol. The number of nitrogens with zero attached hydrogens (tertiary/aromatic N) is 2. The van der Waals surface area contributed by atoms with Gasteiger partial charge in [-0.2, -0.15) is 5.10 Å². The molecule has 2 aromatic carbocycles. The topological polar surface area (TPSA) is 46.9 Å². The summed E-state index contributed by atoms with van der Waals surface area (Å²) >= 11 is 5.87. The maximum atomic E-state index is 12.5. The lowest BCUT2D eigenvalue weighted by Gasteiger charge is -2.08. The average molecular weight is 354 g/mol. The van der Waals surface area contributed by atoms with Crippen LogP contribution in [-0.2, 0) is 6.54 Å². The summed E-state index contributed by atoms with van der Waals surface area (Å²) in [6.45, 7) is 6.61. The molecular weight excluding hydrogens is 334 g/mol. The zero-order valence-electron chi connectivity index (χ0n) is 14.5. The third-order valence-corrected chi connectivity index (χ3v) is 4.39. The molecule has 0 aliphatic rings. The van der Waals surface area contributed by atoms with Gasteiger partial charge in [-0.25, -0.2) is 0 Å². The van der Waals surface area contributed by atoms with E-state index in [9.17, 15) is 4.79 Å². The van der Waals surface area contributed by atoms with E-state index in [-0.39, 0.29) is 5.91 Å². The Morgan fingerprint density at radius 3 is 2.52 bits per heavy atom. The number of aryl methyl sites for hydroxylation is 2. The van der Waals surface area contributed by atoms with Gasteiger partial charge in [-0.05, 0) is 50.6 Å². The third-order valence-electron chi connectivity index (χ3n) is 4.14. The first-order valence-corrected chi connectivity index (χ1v) is 8.48. The molecule has 4 nitrogen and oxygen atoms in total. The fourth-order valence-corrected chi connectivity index (χ4v) is 2.93. The summed E-state index contributed by atoms with van der Waals surface area (Å²) in [6.07, 6.45) is 0. The van der Waals surface area contributed by atoms with Gasteiger partial charge in [-0.15, -0.1) is 0 Å². The summed E-state index contributed by atoms with van der Waals surface area (Å²) in [7, 11) is 0. The molecule has 128 valence electrons. The zero-order chi connectivity index (χ0) is 18.0. The van der Waals surface area contributed by atoms with Crippen molar-refractivity contribution in [1.82, 2.24) is 9.78 Å². The summed E-state index contributed by atoms with van der Waals surface area (Å²) in [6, 6.07) is 15.2. The fourth-order valence-electron chi connectivity index (χ4n) is 2.80. The van der Waals surface area contributed by atoms with E-state index in [1.165, 1.54) is 11.1 Å². The number of carbonyl (C=O) groups is 1. The van der Waals surface area contributed by atoms with Crippen LogP contribution < -0.4 is 5.32 Å². The molecule has 5 heteroatoms. The molecule has 25 heavy (non-hydrogen) atoms. The van der Waals surface area contributed by atoms with Crippen LogP contribution in [0.3, 0.4) is 0 Å². The van der Waals surface area contributed by atoms with Crippen molar-refractivity contribution in [3.05, 3.63) is 81.6 Å². The first-order chi connectivity index (χ1) is 11.9. The molecule has 0 spiro atoms. The summed E-state index contributed by atoms with van der Waals surface area (Å²) in [4.78, 5) is 12.5. The number of nitrogens with one attached hydrogen (secondary N) is 1. The fraction of sp³-hybridized carbons (Fsp3) is 0.200. The van der Waals surface area contributed by atoms with Crippen molar-refractivity contribution in [2.24, 2.45) is 0 Å². The Morgan fingerprint density at radius 1 is 1.12 bits per heavy atom. The lowest BCUT2D eigenvalue weighted by Crippen LogP contribution is -2.13. The van der Waals surface area contributed by atoms with Crippen LogP contribution in [0.4, 0.5) is 5.69 Å². The number of hydrogen-bond acceptors (Lipinski definition) is 2. The lowest BCUT2D eigenvalue weighted by molar-refractivity contribution is 0.102. The first kappa shape index (κ1) is 17.2. The minimum Gasteiger partial charge on any atom is -0.319 e. The number of aromatic nitrogens is 2. The van der Waals surface area contributed by atoms with Crippen LogP contribution >= 0.6 is 11.6 Å². The SMILES string of the molecule is Cc1cccc(Cn2nc(C)c(NC(=O)c3ccc(Cl)cc3)c2C)c1. The predicted octanol–water partition coefficient (Wildman–Crippen LogP) is 4.76. The largest absolute Gasteiger partial charge is 0.319 e. The molecule has 1 heterocycles. The molecule has 3 rings (SSSR count). The van der Waals surface area contributed by atoms with Crippen LogP contribution in [0, 0.1) is 20.8 Å². The van der Waals surface area contributed by atoms with Gasteiger partial charge >= 0.3 is 0 Å². The number of anilines is 1. The summed E-state index contributed by atoms with van der Waals surface area (Å²) < 4.78 is 1.92. The molecule has 0 saturated carbocycles. The highest BCUT2D eigenvalue weighted by Gasteiger charge is 2.15. The van der Waals surface area contributed by atoms with Gasteiger partial charge in [-0.1, -0.05) is 41.4 Å². The van der Waals surface area contributed by atoms with Crippen molar-refractivity contribution >= 4 is 23.2 Å². The van der Waals surface area contributed by atoms with Crippen LogP contribution in [0.25, 0.3) is 0 Å². The molecule has 1 amide bonds. The summed E-state index contributed by atoms with van der Waals surface area (Å²) in [5, 5.41) is 8.15. The van der Waals surface area contributed by atoms with Gasteiger partial charge in [0, 0.05) is 10.6 Å². The van der Waals surface area contributed by atoms with E-state index < -0.39 is 0 Å². The van der Waals surface area contributed by atoms with Gasteiger partial charge in [0.15, 0.2) is 0 Å². The monoisotopic (exact) mass is 353 g/mol. The minimum atomic E-state index is -0.169. The molecule has 0 saturated heterocycles. The molecule has 0 aliphatic carbocycles. The highest BCUT2D eigenvalue weighted by molar-refractivity contribution is 6.30. The lowest BCUT2D eigenvalue weighted by atomic mass is 10.1. The van der Waals surface area contributed by atoms with Crippen LogP contribution in [0.1, 0.15) is 32.9 Å². The maximum absolute atomic E-state index is 12.5. The Balaban J connectivity index is 1.82. The second kappa shape index (κ2) is 7.11. The van der Waals surface area contributed by atoms with Crippen LogP contribution in [-0.4, -0.2) is 15.7 Å². The highest BCUT2D eigenvalue weighted by atomic mass is 35.5. The number of hydrogen-bond donors (Lipinski definition) is 1. The van der Waals surface area contributed by atoms with E-state index in [4.69, 9.17) is 11.6 Å². The van der Waals surface area contributed by atoms with Crippen molar-refractivity contribution in [3.63, 3.8) is 0 Å². The zero-order valence-corrected chi connectivity index (χ0v) is 15.3. The normalized spacial score (nSPS) is 10.7. The second-order valence-corrected chi connectivity index (χ2v) is 6.59. The summed E-state index contributed by atoms with van der Waals surface area (Å²) in [5.41, 5.74) is 5.45. The first-order valence-electron chi connectivity index (χ1n) is 8.10. The third kappa shape index (κ3) is 3.91. The molecule has 0 unspecified atom stereocenters. The van der Waals surface area contributed by atoms with Gasteiger partial charge < -0.3 is 5.32 Å². The van der Waals surface area contributed by atoms with Gasteiger partial charge in [0.1, 0.15) is 0 Å². The molecule has 0 fully saturated rings. The van der Waals surface area contributed by atoms with Crippen molar-refractivity contribution in [3.8, 4) is 0 Å². The molecule has 1 aromatic heterocycles. The van der Waals surface area contributed by atoms with Gasteiger partial charge in [-0.3, -0.25) is 9.48 Å². The molecule has 3 aromatic rings. The van der Waals surface area contributed by atoms with E-state index in [0.717, 1.165) is 17.1 Å². The average Bonchev–Trinajstić information content (AvgIpc) is 2.83. The number of rotatable bonds is 4. The molecular formula is C20H20ClN3O. The number of benzene rings is 2. The van der Waals surface area contributed by atoms with Crippen molar-refractivity contribution in [2.45, 2.75) is 27.3 Å². The maximum Gasteiger partial charge on any atom is 0.255 e. The number of amides is 1. The Hall–Kier alpha value is -2.59. The standard InChI is InChI=1S/C20H20ClN3O/c1-13-5-4-6-16(11-13)12-24-15(3)19(14(2)23-24)22-20(25)17-7-9-18(21)10-8-17/h4-11H,12H2,1-3H3,(H,22,25). The minimum absolute atomic E-state index is 0.169. The molecule has 0 aliphatic heterocycles. The van der Waals surface area contributed by atoms with Crippen molar-refractivity contribution < 1.29 is 4.79 Å². The Bertz CT molecular complexity index is 913. The number of halogens is 1. The molecule has 0 atom stereocenters. The van der Waals surface area contributed by atoms with E-state index in [0.29, 0.717) is 17.1 Å². The molecule has 0 bridgehead atoms. The Labute approximate surface area is 152 Å². The highest BCUT2D eigenvalue weighted by Crippen LogP contribution is 2.22. The van der Waals surface area contributed by atoms with Crippen molar-refractivity contribution in [1.29, 1.82) is 0 Å². The Kier molecular flexibility index (Phi) is 4.91. The Morgan fingerprint density at radius 2 is 1.84 bits per heavy atom. The van der Waals surface area contributed by atoms with Crippen molar-refractivity contribution in [2.75, 3.05) is 5.32 Å². The van der Waals surface area contributed by atoms with E-state index in [2.05, 4.69) is 35.5 Å². The van der Waals surface area contributed by atoms with Gasteiger partial charge in [0.05, 0.1) is 23.6 Å². The van der Waals surface area contributed by atoms with Crippen LogP contribution in [0.15, 0.2) is 48.5 Å². The van der Waals surface area contributed by atoms with Crippen LogP contribution in [0.5, 0.6) is 0 Å². The molecule has 0 radical (unpaired) electrons. The summed E-state index contributed by atoms with van der Waals surface area (Å²) in [5.74, 6) is -0.169. The van der Waals surface area contributed by atoms with E-state index in [1.807, 2.05) is 24.6 Å².